The number of nitrogens with one attached hydrogen (secondary N) is 1. The van der Waals surface area contributed by atoms with E-state index in [0.717, 1.165) is 24.4 Å². The van der Waals surface area contributed by atoms with Crippen molar-refractivity contribution in [3.8, 4) is 5.75 Å². The molecule has 1 N–H and O–H groups in total. The Hall–Kier alpha value is -3.61. The molecule has 1 amide bonds. The molecule has 0 aliphatic carbocycles. The van der Waals surface area contributed by atoms with Gasteiger partial charge in [0.1, 0.15) is 5.75 Å². The number of aryl methyl sites for hydroxylation is 2. The summed E-state index contributed by atoms with van der Waals surface area (Å²) in [4.78, 5) is 26.3. The number of ether oxygens (including phenoxy) is 1. The van der Waals surface area contributed by atoms with E-state index in [1.165, 1.54) is 16.8 Å². The summed E-state index contributed by atoms with van der Waals surface area (Å²) < 4.78 is 5.39. The maximum absolute atomic E-state index is 13.1. The van der Waals surface area contributed by atoms with Gasteiger partial charge in [0.15, 0.2) is 0 Å². The number of carbonyl (C=O) groups is 1. The van der Waals surface area contributed by atoms with Crippen LogP contribution in [-0.4, -0.2) is 54.1 Å². The number of benzene rings is 2. The lowest BCUT2D eigenvalue weighted by molar-refractivity contribution is 0.0745. The molecule has 1 fully saturated rings. The van der Waals surface area contributed by atoms with E-state index in [0.29, 0.717) is 36.8 Å². The maximum Gasteiger partial charge on any atom is 0.257 e. The first-order chi connectivity index (χ1) is 16.0. The Balaban J connectivity index is 1.38. The van der Waals surface area contributed by atoms with Crippen LogP contribution < -0.4 is 15.0 Å². The van der Waals surface area contributed by atoms with Crippen LogP contribution in [0.4, 0.5) is 11.6 Å². The highest BCUT2D eigenvalue weighted by atomic mass is 16.5. The third-order valence-corrected chi connectivity index (χ3v) is 6.32. The molecule has 7 nitrogen and oxygen atoms in total. The molecule has 1 aliphatic heterocycles. The minimum absolute atomic E-state index is 0.00982. The third kappa shape index (κ3) is 4.92. The summed E-state index contributed by atoms with van der Waals surface area (Å²) in [7, 11) is 1.65. The normalized spacial score (nSPS) is 13.7. The van der Waals surface area contributed by atoms with E-state index >= 15 is 0 Å². The predicted octanol–water partition coefficient (Wildman–Crippen LogP) is 3.98. The summed E-state index contributed by atoms with van der Waals surface area (Å²) in [5, 5.41) is 3.22. The Morgan fingerprint density at radius 1 is 1.03 bits per heavy atom. The van der Waals surface area contributed by atoms with Crippen LogP contribution in [0.25, 0.3) is 0 Å². The van der Waals surface area contributed by atoms with Gasteiger partial charge in [-0.1, -0.05) is 30.3 Å². The summed E-state index contributed by atoms with van der Waals surface area (Å²) in [5.41, 5.74) is 6.10. The first kappa shape index (κ1) is 22.6. The Morgan fingerprint density at radius 3 is 2.52 bits per heavy atom. The van der Waals surface area contributed by atoms with Gasteiger partial charge in [0.25, 0.3) is 5.91 Å². The van der Waals surface area contributed by atoms with E-state index in [4.69, 9.17) is 4.74 Å². The van der Waals surface area contributed by atoms with Gasteiger partial charge in [-0.05, 0) is 44.0 Å². The number of hydrogen-bond acceptors (Lipinski definition) is 6. The lowest BCUT2D eigenvalue weighted by Crippen LogP contribution is -2.49. The minimum Gasteiger partial charge on any atom is -0.496 e. The Morgan fingerprint density at radius 2 is 1.79 bits per heavy atom. The van der Waals surface area contributed by atoms with Crippen molar-refractivity contribution in [2.45, 2.75) is 27.3 Å². The van der Waals surface area contributed by atoms with Crippen molar-refractivity contribution >= 4 is 17.5 Å². The number of methoxy groups -OCH3 is 1. The minimum atomic E-state index is -0.00982. The van der Waals surface area contributed by atoms with Crippen molar-refractivity contribution < 1.29 is 9.53 Å². The molecule has 33 heavy (non-hydrogen) atoms. The fraction of sp³-hybridized carbons (Fsp3) is 0.346. The molecule has 1 saturated heterocycles. The van der Waals surface area contributed by atoms with Crippen molar-refractivity contribution in [3.05, 3.63) is 76.6 Å². The maximum atomic E-state index is 13.1. The first-order valence-electron chi connectivity index (χ1n) is 11.3. The number of para-hydroxylation sites is 1. The Bertz CT molecular complexity index is 1140. The molecule has 1 aliphatic rings. The zero-order chi connectivity index (χ0) is 23.4. The van der Waals surface area contributed by atoms with E-state index in [2.05, 4.69) is 52.2 Å². The van der Waals surface area contributed by atoms with Crippen LogP contribution >= 0.6 is 0 Å². The molecule has 2 aromatic carbocycles. The lowest BCUT2D eigenvalue weighted by atomic mass is 10.1. The van der Waals surface area contributed by atoms with Crippen molar-refractivity contribution in [2.75, 3.05) is 43.5 Å². The molecular weight excluding hydrogens is 414 g/mol. The number of rotatable bonds is 6. The largest absolute Gasteiger partial charge is 0.496 e. The summed E-state index contributed by atoms with van der Waals surface area (Å²) in [6, 6.07) is 14.2. The smallest absolute Gasteiger partial charge is 0.257 e. The summed E-state index contributed by atoms with van der Waals surface area (Å²) in [5.74, 6) is 1.30. The Labute approximate surface area is 195 Å². The van der Waals surface area contributed by atoms with Gasteiger partial charge < -0.3 is 19.9 Å². The van der Waals surface area contributed by atoms with Crippen LogP contribution in [0, 0.1) is 20.8 Å². The van der Waals surface area contributed by atoms with Gasteiger partial charge in [0.2, 0.25) is 5.95 Å². The highest BCUT2D eigenvalue weighted by Crippen LogP contribution is 2.24. The van der Waals surface area contributed by atoms with Gasteiger partial charge in [0, 0.05) is 50.2 Å². The van der Waals surface area contributed by atoms with Crippen LogP contribution in [0.3, 0.4) is 0 Å². The SMILES string of the molecule is COc1ccccc1CNc1ncc(C(=O)N2CCN(c3cccc(C)c3C)CC2)c(C)n1. The monoisotopic (exact) mass is 445 g/mol. The number of aromatic nitrogens is 2. The van der Waals surface area contributed by atoms with Gasteiger partial charge in [-0.25, -0.2) is 9.97 Å². The van der Waals surface area contributed by atoms with Crippen molar-refractivity contribution in [1.29, 1.82) is 0 Å². The molecule has 3 aromatic rings. The van der Waals surface area contributed by atoms with E-state index in [1.54, 1.807) is 13.3 Å². The van der Waals surface area contributed by atoms with Crippen LogP contribution in [-0.2, 0) is 6.54 Å². The highest BCUT2D eigenvalue weighted by Gasteiger charge is 2.25. The second-order valence-electron chi connectivity index (χ2n) is 8.36. The Kier molecular flexibility index (Phi) is 6.77. The quantitative estimate of drug-likeness (QED) is 0.619. The van der Waals surface area contributed by atoms with E-state index in [9.17, 15) is 4.79 Å². The molecule has 0 bridgehead atoms. The zero-order valence-corrected chi connectivity index (χ0v) is 19.8. The molecule has 4 rings (SSSR count). The summed E-state index contributed by atoms with van der Waals surface area (Å²) in [6.45, 7) is 9.68. The van der Waals surface area contributed by atoms with Crippen LogP contribution in [0.15, 0.2) is 48.7 Å². The molecule has 0 saturated carbocycles. The van der Waals surface area contributed by atoms with Gasteiger partial charge in [-0.2, -0.15) is 0 Å². The van der Waals surface area contributed by atoms with Crippen molar-refractivity contribution in [2.24, 2.45) is 0 Å². The zero-order valence-electron chi connectivity index (χ0n) is 19.8. The molecule has 0 unspecified atom stereocenters. The fourth-order valence-corrected chi connectivity index (χ4v) is 4.18. The van der Waals surface area contributed by atoms with Crippen LogP contribution in [0.1, 0.15) is 32.7 Å². The summed E-state index contributed by atoms with van der Waals surface area (Å²) in [6.07, 6.45) is 1.63. The molecular formula is C26H31N5O2. The number of carbonyl (C=O) groups excluding carboxylic acids is 1. The number of anilines is 2. The van der Waals surface area contributed by atoms with Crippen molar-refractivity contribution in [3.63, 3.8) is 0 Å². The van der Waals surface area contributed by atoms with E-state index < -0.39 is 0 Å². The van der Waals surface area contributed by atoms with E-state index in [-0.39, 0.29) is 5.91 Å². The van der Waals surface area contributed by atoms with Crippen LogP contribution in [0.5, 0.6) is 5.75 Å². The number of piperazine rings is 1. The fourth-order valence-electron chi connectivity index (χ4n) is 4.18. The van der Waals surface area contributed by atoms with E-state index in [1.807, 2.05) is 36.1 Å². The van der Waals surface area contributed by atoms with Gasteiger partial charge in [-0.3, -0.25) is 4.79 Å². The molecule has 0 radical (unpaired) electrons. The van der Waals surface area contributed by atoms with Gasteiger partial charge in [-0.15, -0.1) is 0 Å². The predicted molar refractivity (Wildman–Crippen MR) is 131 cm³/mol. The van der Waals surface area contributed by atoms with Gasteiger partial charge >= 0.3 is 0 Å². The topological polar surface area (TPSA) is 70.6 Å². The molecule has 0 spiro atoms. The molecule has 0 atom stereocenters. The van der Waals surface area contributed by atoms with Crippen molar-refractivity contribution in [1.82, 2.24) is 14.9 Å². The second-order valence-corrected chi connectivity index (χ2v) is 8.36. The average Bonchev–Trinajstić information content (AvgIpc) is 2.84. The number of nitrogens with zero attached hydrogens (tertiary/aromatic N) is 4. The van der Waals surface area contributed by atoms with Gasteiger partial charge in [0.05, 0.1) is 18.4 Å². The lowest BCUT2D eigenvalue weighted by Gasteiger charge is -2.37. The molecule has 172 valence electrons. The molecule has 7 heteroatoms. The van der Waals surface area contributed by atoms with Crippen LogP contribution in [0.2, 0.25) is 0 Å². The highest BCUT2D eigenvalue weighted by molar-refractivity contribution is 5.95. The first-order valence-corrected chi connectivity index (χ1v) is 11.3. The standard InChI is InChI=1S/C26H31N5O2/c1-18-8-7-10-23(19(18)2)30-12-14-31(15-13-30)25(32)22-17-28-26(29-20(22)3)27-16-21-9-5-6-11-24(21)33-4/h5-11,17H,12-16H2,1-4H3,(H,27,28,29). The number of amides is 1. The molecule has 1 aromatic heterocycles. The number of hydrogen-bond donors (Lipinski definition) is 1. The third-order valence-electron chi connectivity index (χ3n) is 6.32. The summed E-state index contributed by atoms with van der Waals surface area (Å²) >= 11 is 0. The average molecular weight is 446 g/mol. The second kappa shape index (κ2) is 9.90. The molecule has 2 heterocycles.